The topological polar surface area (TPSA) is 49.3 Å². The fourth-order valence-corrected chi connectivity index (χ4v) is 2.32. The number of anilines is 1. The Morgan fingerprint density at radius 3 is 2.76 bits per heavy atom. The second kappa shape index (κ2) is 4.77. The Morgan fingerprint density at radius 1 is 1.41 bits per heavy atom. The van der Waals surface area contributed by atoms with Crippen molar-refractivity contribution in [1.82, 2.24) is 0 Å². The number of amides is 1. The summed E-state index contributed by atoms with van der Waals surface area (Å²) in [4.78, 5) is 12.5. The van der Waals surface area contributed by atoms with Gasteiger partial charge in [0.15, 0.2) is 0 Å². The summed E-state index contributed by atoms with van der Waals surface area (Å²) >= 11 is 7.06. The summed E-state index contributed by atoms with van der Waals surface area (Å²) < 4.78 is 0. The van der Waals surface area contributed by atoms with Gasteiger partial charge in [-0.3, -0.25) is 4.79 Å². The van der Waals surface area contributed by atoms with E-state index < -0.39 is 0 Å². The van der Waals surface area contributed by atoms with Crippen LogP contribution in [0.3, 0.4) is 0 Å². The number of halogens is 1. The van der Waals surface area contributed by atoms with E-state index in [9.17, 15) is 9.90 Å². The Labute approximate surface area is 108 Å². The minimum absolute atomic E-state index is 0.0487. The average Bonchev–Trinajstić information content (AvgIpc) is 2.70. The van der Waals surface area contributed by atoms with Gasteiger partial charge in [-0.05, 0) is 36.1 Å². The van der Waals surface area contributed by atoms with Gasteiger partial charge in [0, 0.05) is 11.8 Å². The Bertz CT molecular complexity index is 565. The maximum absolute atomic E-state index is 11.9. The molecule has 0 saturated carbocycles. The van der Waals surface area contributed by atoms with Crippen LogP contribution in [0.4, 0.5) is 5.69 Å². The van der Waals surface area contributed by atoms with Crippen molar-refractivity contribution in [3.63, 3.8) is 0 Å². The van der Waals surface area contributed by atoms with Crippen LogP contribution in [0.5, 0.6) is 5.75 Å². The molecule has 0 fully saturated rings. The number of carbonyl (C=O) groups is 1. The van der Waals surface area contributed by atoms with Crippen LogP contribution >= 0.6 is 22.9 Å². The molecule has 0 aliphatic carbocycles. The van der Waals surface area contributed by atoms with Gasteiger partial charge in [0.1, 0.15) is 5.75 Å². The van der Waals surface area contributed by atoms with Gasteiger partial charge in [-0.1, -0.05) is 11.6 Å². The molecule has 0 aliphatic heterocycles. The van der Waals surface area contributed by atoms with Crippen molar-refractivity contribution in [2.24, 2.45) is 0 Å². The van der Waals surface area contributed by atoms with Gasteiger partial charge in [-0.2, -0.15) is 0 Å². The van der Waals surface area contributed by atoms with E-state index in [1.807, 2.05) is 18.4 Å². The minimum Gasteiger partial charge on any atom is -0.506 e. The maximum atomic E-state index is 11.9. The molecule has 0 saturated heterocycles. The summed E-state index contributed by atoms with van der Waals surface area (Å²) in [6, 6.07) is 6.48. The second-order valence-corrected chi connectivity index (χ2v) is 4.88. The van der Waals surface area contributed by atoms with Gasteiger partial charge in [0.2, 0.25) is 0 Å². The van der Waals surface area contributed by atoms with Gasteiger partial charge in [-0.25, -0.2) is 0 Å². The van der Waals surface area contributed by atoms with Crippen molar-refractivity contribution in [1.29, 1.82) is 0 Å². The molecule has 2 aromatic rings. The lowest BCUT2D eigenvalue weighted by Crippen LogP contribution is -2.11. The number of carbonyl (C=O) groups excluding carboxylic acids is 1. The number of thiophene rings is 1. The lowest BCUT2D eigenvalue weighted by atomic mass is 10.2. The van der Waals surface area contributed by atoms with Crippen LogP contribution < -0.4 is 5.32 Å². The van der Waals surface area contributed by atoms with Gasteiger partial charge in [0.05, 0.1) is 9.90 Å². The Morgan fingerprint density at radius 2 is 2.18 bits per heavy atom. The van der Waals surface area contributed by atoms with Crippen molar-refractivity contribution >= 4 is 34.5 Å². The summed E-state index contributed by atoms with van der Waals surface area (Å²) in [5, 5.41) is 14.2. The number of hydrogen-bond acceptors (Lipinski definition) is 3. The molecule has 0 aliphatic rings. The highest BCUT2D eigenvalue weighted by Gasteiger charge is 2.11. The third-order valence-corrected chi connectivity index (χ3v) is 3.61. The molecule has 3 nitrogen and oxygen atoms in total. The van der Waals surface area contributed by atoms with E-state index in [1.54, 1.807) is 6.07 Å². The highest BCUT2D eigenvalue weighted by Crippen LogP contribution is 2.27. The Kier molecular flexibility index (Phi) is 3.36. The zero-order chi connectivity index (χ0) is 12.4. The smallest absolute Gasteiger partial charge is 0.265 e. The Hall–Kier alpha value is -1.52. The molecular formula is C12H10ClNO2S. The molecule has 1 aromatic carbocycles. The number of hydrogen-bond donors (Lipinski definition) is 2. The number of aromatic hydroxyl groups is 1. The van der Waals surface area contributed by atoms with Crippen LogP contribution in [0.25, 0.3) is 0 Å². The monoisotopic (exact) mass is 267 g/mol. The molecule has 1 aromatic heterocycles. The van der Waals surface area contributed by atoms with Crippen LogP contribution in [0.1, 0.15) is 15.2 Å². The van der Waals surface area contributed by atoms with E-state index in [1.165, 1.54) is 23.5 Å². The quantitative estimate of drug-likeness (QED) is 0.872. The van der Waals surface area contributed by atoms with Crippen molar-refractivity contribution in [3.05, 3.63) is 45.1 Å². The molecular weight excluding hydrogens is 258 g/mol. The molecule has 0 unspecified atom stereocenters. The third-order valence-electron chi connectivity index (χ3n) is 2.27. The highest BCUT2D eigenvalue weighted by molar-refractivity contribution is 7.12. The summed E-state index contributed by atoms with van der Waals surface area (Å²) in [5.41, 5.74) is 1.45. The number of phenolic OH excluding ortho intramolecular Hbond substituents is 1. The molecule has 0 atom stereocenters. The van der Waals surface area contributed by atoms with E-state index in [2.05, 4.69) is 5.32 Å². The van der Waals surface area contributed by atoms with Gasteiger partial charge < -0.3 is 10.4 Å². The molecule has 0 radical (unpaired) electrons. The first-order valence-electron chi connectivity index (χ1n) is 4.92. The summed E-state index contributed by atoms with van der Waals surface area (Å²) in [6.07, 6.45) is 0. The van der Waals surface area contributed by atoms with Gasteiger partial charge >= 0.3 is 0 Å². The molecule has 1 amide bonds. The second-order valence-electron chi connectivity index (χ2n) is 3.55. The van der Waals surface area contributed by atoms with Crippen molar-refractivity contribution < 1.29 is 9.90 Å². The molecule has 0 spiro atoms. The van der Waals surface area contributed by atoms with Crippen LogP contribution in [0.2, 0.25) is 5.02 Å². The molecule has 2 N–H and O–H groups in total. The first-order valence-corrected chi connectivity index (χ1v) is 6.17. The van der Waals surface area contributed by atoms with Crippen LogP contribution in [-0.4, -0.2) is 11.0 Å². The van der Waals surface area contributed by atoms with Gasteiger partial charge in [0.25, 0.3) is 5.91 Å². The average molecular weight is 268 g/mol. The zero-order valence-electron chi connectivity index (χ0n) is 9.03. The van der Waals surface area contributed by atoms with E-state index >= 15 is 0 Å². The fourth-order valence-electron chi connectivity index (χ4n) is 1.38. The first kappa shape index (κ1) is 12.0. The van der Waals surface area contributed by atoms with E-state index in [4.69, 9.17) is 11.6 Å². The first-order chi connectivity index (χ1) is 8.08. The minimum atomic E-state index is -0.181. The zero-order valence-corrected chi connectivity index (χ0v) is 10.6. The molecule has 17 heavy (non-hydrogen) atoms. The van der Waals surface area contributed by atoms with E-state index in [-0.39, 0.29) is 16.7 Å². The van der Waals surface area contributed by atoms with Crippen molar-refractivity contribution in [3.8, 4) is 5.75 Å². The lowest BCUT2D eigenvalue weighted by molar-refractivity contribution is 0.103. The van der Waals surface area contributed by atoms with Crippen LogP contribution in [-0.2, 0) is 0 Å². The summed E-state index contributed by atoms with van der Waals surface area (Å²) in [7, 11) is 0. The maximum Gasteiger partial charge on any atom is 0.265 e. The Balaban J connectivity index is 2.19. The number of benzene rings is 1. The number of nitrogens with one attached hydrogen (secondary N) is 1. The molecule has 5 heteroatoms. The van der Waals surface area contributed by atoms with E-state index in [0.29, 0.717) is 10.6 Å². The lowest BCUT2D eigenvalue weighted by Gasteiger charge is -2.05. The number of aryl methyl sites for hydroxylation is 1. The third kappa shape index (κ3) is 2.60. The predicted molar refractivity (Wildman–Crippen MR) is 70.1 cm³/mol. The molecule has 88 valence electrons. The van der Waals surface area contributed by atoms with Crippen molar-refractivity contribution in [2.75, 3.05) is 5.32 Å². The summed E-state index contributed by atoms with van der Waals surface area (Å²) in [5.74, 6) is -0.230. The number of phenols is 1. The largest absolute Gasteiger partial charge is 0.506 e. The standard InChI is InChI=1S/C12H10ClNO2S/c1-7-4-5-17-11(7)12(16)14-8-2-3-9(13)10(15)6-8/h2-6,15H,1H3,(H,14,16). The summed E-state index contributed by atoms with van der Waals surface area (Å²) in [6.45, 7) is 1.88. The normalized spacial score (nSPS) is 10.2. The fraction of sp³-hybridized carbons (Fsp3) is 0.0833. The van der Waals surface area contributed by atoms with Crippen LogP contribution in [0.15, 0.2) is 29.6 Å². The highest BCUT2D eigenvalue weighted by atomic mass is 35.5. The molecule has 0 bridgehead atoms. The predicted octanol–water partition coefficient (Wildman–Crippen LogP) is 3.67. The van der Waals surface area contributed by atoms with Crippen LogP contribution in [0, 0.1) is 6.92 Å². The number of rotatable bonds is 2. The molecule has 2 rings (SSSR count). The van der Waals surface area contributed by atoms with Gasteiger partial charge in [-0.15, -0.1) is 11.3 Å². The van der Waals surface area contributed by atoms with Crippen molar-refractivity contribution in [2.45, 2.75) is 6.92 Å². The van der Waals surface area contributed by atoms with E-state index in [0.717, 1.165) is 5.56 Å². The SMILES string of the molecule is Cc1ccsc1C(=O)Nc1ccc(Cl)c(O)c1. The molecule has 1 heterocycles.